The Balaban J connectivity index is 1.90. The highest BCUT2D eigenvalue weighted by Gasteiger charge is 2.18. The number of nitrogens with zero attached hydrogens (tertiary/aromatic N) is 3. The van der Waals surface area contributed by atoms with Crippen LogP contribution in [0.1, 0.15) is 28.8 Å². The van der Waals surface area contributed by atoms with E-state index in [9.17, 15) is 14.7 Å². The standard InChI is InChI=1S/C21H19N3O4/c1-24(2)11-22-19-16(21(26)27)10-15-18(25)14-9-13(6-5-12-3-4-12)7-8-17(14)28-20(15)23-19/h5-12H,3-4H2,1-2H3,(H,26,27)/b6-5+,22-11?. The number of carboxylic acids is 1. The summed E-state index contributed by atoms with van der Waals surface area (Å²) in [6, 6.07) is 6.66. The van der Waals surface area contributed by atoms with Crippen LogP contribution in [0.25, 0.3) is 28.1 Å². The predicted molar refractivity (Wildman–Crippen MR) is 108 cm³/mol. The summed E-state index contributed by atoms with van der Waals surface area (Å²) >= 11 is 0. The van der Waals surface area contributed by atoms with Crippen molar-refractivity contribution in [3.8, 4) is 0 Å². The van der Waals surface area contributed by atoms with E-state index in [0.717, 1.165) is 5.56 Å². The van der Waals surface area contributed by atoms with Gasteiger partial charge in [-0.2, -0.15) is 4.98 Å². The van der Waals surface area contributed by atoms with Crippen molar-refractivity contribution in [1.82, 2.24) is 9.88 Å². The number of fused-ring (bicyclic) bond motifs is 2. The summed E-state index contributed by atoms with van der Waals surface area (Å²) in [5.74, 6) is -0.590. The molecule has 2 heterocycles. The second-order valence-corrected chi connectivity index (χ2v) is 7.11. The lowest BCUT2D eigenvalue weighted by molar-refractivity contribution is 0.0697. The minimum absolute atomic E-state index is 0.0137. The molecular formula is C21H19N3O4. The molecule has 0 amide bonds. The zero-order chi connectivity index (χ0) is 19.8. The van der Waals surface area contributed by atoms with Gasteiger partial charge in [-0.3, -0.25) is 4.79 Å². The minimum Gasteiger partial charge on any atom is -0.478 e. The number of aromatic carboxylic acids is 1. The molecule has 0 unspecified atom stereocenters. The van der Waals surface area contributed by atoms with Crippen molar-refractivity contribution in [2.75, 3.05) is 14.1 Å². The molecular weight excluding hydrogens is 358 g/mol. The third-order valence-corrected chi connectivity index (χ3v) is 4.49. The molecule has 0 radical (unpaired) electrons. The number of carboxylic acid groups (broad SMARTS) is 1. The normalized spacial score (nSPS) is 14.5. The Morgan fingerprint density at radius 2 is 2.07 bits per heavy atom. The summed E-state index contributed by atoms with van der Waals surface area (Å²) in [5.41, 5.74) is 0.914. The van der Waals surface area contributed by atoms with Crippen LogP contribution in [0, 0.1) is 5.92 Å². The van der Waals surface area contributed by atoms with E-state index in [1.807, 2.05) is 12.1 Å². The fourth-order valence-corrected chi connectivity index (χ4v) is 2.86. The molecule has 142 valence electrons. The summed E-state index contributed by atoms with van der Waals surface area (Å²) in [6.45, 7) is 0. The van der Waals surface area contributed by atoms with Gasteiger partial charge in [0.25, 0.3) is 0 Å². The number of allylic oxidation sites excluding steroid dienone is 1. The average Bonchev–Trinajstić information content (AvgIpc) is 3.49. The van der Waals surface area contributed by atoms with Crippen LogP contribution in [0.5, 0.6) is 0 Å². The zero-order valence-electron chi connectivity index (χ0n) is 15.5. The maximum Gasteiger partial charge on any atom is 0.339 e. The lowest BCUT2D eigenvalue weighted by Crippen LogP contribution is -2.09. The van der Waals surface area contributed by atoms with Crippen LogP contribution in [0.4, 0.5) is 5.82 Å². The number of pyridine rings is 1. The lowest BCUT2D eigenvalue weighted by Gasteiger charge is -2.06. The van der Waals surface area contributed by atoms with Gasteiger partial charge in [-0.25, -0.2) is 9.79 Å². The summed E-state index contributed by atoms with van der Waals surface area (Å²) in [7, 11) is 3.52. The number of hydrogen-bond acceptors (Lipinski definition) is 5. The number of rotatable bonds is 5. The number of benzene rings is 1. The largest absolute Gasteiger partial charge is 0.478 e. The quantitative estimate of drug-likeness (QED) is 0.414. The monoisotopic (exact) mass is 377 g/mol. The molecule has 1 aromatic carbocycles. The van der Waals surface area contributed by atoms with Crippen molar-refractivity contribution in [2.45, 2.75) is 12.8 Å². The highest BCUT2D eigenvalue weighted by molar-refractivity contribution is 5.99. The van der Waals surface area contributed by atoms with Gasteiger partial charge in [0.15, 0.2) is 5.82 Å². The van der Waals surface area contributed by atoms with E-state index < -0.39 is 5.97 Å². The van der Waals surface area contributed by atoms with Gasteiger partial charge in [-0.1, -0.05) is 18.2 Å². The Kier molecular flexibility index (Phi) is 4.43. The Labute approximate surface area is 160 Å². The highest BCUT2D eigenvalue weighted by atomic mass is 16.4. The summed E-state index contributed by atoms with van der Waals surface area (Å²) in [4.78, 5) is 34.5. The first kappa shape index (κ1) is 17.9. The molecule has 1 saturated carbocycles. The van der Waals surface area contributed by atoms with Crippen LogP contribution in [-0.2, 0) is 0 Å². The molecule has 28 heavy (non-hydrogen) atoms. The van der Waals surface area contributed by atoms with Gasteiger partial charge >= 0.3 is 5.97 Å². The minimum atomic E-state index is -1.21. The zero-order valence-corrected chi connectivity index (χ0v) is 15.5. The summed E-state index contributed by atoms with van der Waals surface area (Å²) in [6.07, 6.45) is 8.00. The summed E-state index contributed by atoms with van der Waals surface area (Å²) in [5, 5.41) is 10.0. The van der Waals surface area contributed by atoms with Crippen molar-refractivity contribution in [1.29, 1.82) is 0 Å². The van der Waals surface area contributed by atoms with E-state index >= 15 is 0 Å². The Hall–Kier alpha value is -3.48. The maximum atomic E-state index is 13.0. The van der Waals surface area contributed by atoms with Crippen molar-refractivity contribution in [3.05, 3.63) is 51.7 Å². The maximum absolute atomic E-state index is 13.0. The molecule has 1 aliphatic carbocycles. The van der Waals surface area contributed by atoms with Crippen molar-refractivity contribution in [2.24, 2.45) is 10.9 Å². The van der Waals surface area contributed by atoms with Gasteiger partial charge in [0.2, 0.25) is 11.1 Å². The van der Waals surface area contributed by atoms with E-state index in [4.69, 9.17) is 4.42 Å². The van der Waals surface area contributed by atoms with E-state index in [1.165, 1.54) is 25.2 Å². The van der Waals surface area contributed by atoms with Crippen LogP contribution in [0.15, 0.2) is 44.5 Å². The van der Waals surface area contributed by atoms with E-state index in [2.05, 4.69) is 16.1 Å². The Morgan fingerprint density at radius 1 is 1.29 bits per heavy atom. The molecule has 0 spiro atoms. The first-order chi connectivity index (χ1) is 13.4. The lowest BCUT2D eigenvalue weighted by atomic mass is 10.1. The third-order valence-electron chi connectivity index (χ3n) is 4.49. The van der Waals surface area contributed by atoms with Gasteiger partial charge in [0.05, 0.1) is 17.1 Å². The van der Waals surface area contributed by atoms with Crippen LogP contribution in [0.2, 0.25) is 0 Å². The molecule has 7 nitrogen and oxygen atoms in total. The number of aromatic nitrogens is 1. The second kappa shape index (κ2) is 6.92. The van der Waals surface area contributed by atoms with Crippen LogP contribution in [-0.4, -0.2) is 41.4 Å². The topological polar surface area (TPSA) is 96.0 Å². The predicted octanol–water partition coefficient (Wildman–Crippen LogP) is 3.68. The summed E-state index contributed by atoms with van der Waals surface area (Å²) < 4.78 is 5.79. The fourth-order valence-electron chi connectivity index (χ4n) is 2.86. The molecule has 2 aromatic heterocycles. The number of aliphatic imine (C=N–C) groups is 1. The number of carbonyl (C=O) groups is 1. The van der Waals surface area contributed by atoms with Gasteiger partial charge in [-0.05, 0) is 42.5 Å². The van der Waals surface area contributed by atoms with E-state index in [1.54, 1.807) is 31.1 Å². The molecule has 0 atom stereocenters. The molecule has 1 fully saturated rings. The van der Waals surface area contributed by atoms with Crippen LogP contribution >= 0.6 is 0 Å². The van der Waals surface area contributed by atoms with Gasteiger partial charge in [-0.15, -0.1) is 0 Å². The molecule has 0 bridgehead atoms. The van der Waals surface area contributed by atoms with Gasteiger partial charge in [0.1, 0.15) is 11.1 Å². The average molecular weight is 377 g/mol. The molecule has 1 N–H and O–H groups in total. The molecule has 3 aromatic rings. The Morgan fingerprint density at radius 3 is 2.75 bits per heavy atom. The molecule has 4 rings (SSSR count). The SMILES string of the molecule is CN(C)C=Nc1nc2oc3ccc(/C=C/C4CC4)cc3c(=O)c2cc1C(=O)O. The van der Waals surface area contributed by atoms with Crippen molar-refractivity contribution < 1.29 is 14.3 Å². The first-order valence-electron chi connectivity index (χ1n) is 8.96. The van der Waals surface area contributed by atoms with Crippen molar-refractivity contribution in [3.63, 3.8) is 0 Å². The van der Waals surface area contributed by atoms with E-state index in [0.29, 0.717) is 16.9 Å². The third kappa shape index (κ3) is 3.51. The molecule has 0 aliphatic heterocycles. The smallest absolute Gasteiger partial charge is 0.339 e. The van der Waals surface area contributed by atoms with Crippen LogP contribution in [0.3, 0.4) is 0 Å². The van der Waals surface area contributed by atoms with E-state index in [-0.39, 0.29) is 27.9 Å². The van der Waals surface area contributed by atoms with Gasteiger partial charge in [0, 0.05) is 14.1 Å². The Bertz CT molecular complexity index is 1200. The number of hydrogen-bond donors (Lipinski definition) is 1. The highest BCUT2D eigenvalue weighted by Crippen LogP contribution is 2.31. The van der Waals surface area contributed by atoms with Crippen LogP contribution < -0.4 is 5.43 Å². The second-order valence-electron chi connectivity index (χ2n) is 7.11. The molecule has 7 heteroatoms. The molecule has 1 aliphatic rings. The fraction of sp³-hybridized carbons (Fsp3) is 0.238. The van der Waals surface area contributed by atoms with Gasteiger partial charge < -0.3 is 14.4 Å². The molecule has 0 saturated heterocycles. The first-order valence-corrected chi connectivity index (χ1v) is 8.96. The van der Waals surface area contributed by atoms with Crippen molar-refractivity contribution >= 4 is 46.3 Å².